The molecule has 0 spiro atoms. The first-order chi connectivity index (χ1) is 11.9. The molecule has 134 valence electrons. The average molecular weight is 366 g/mol. The van der Waals surface area contributed by atoms with Gasteiger partial charge in [-0.25, -0.2) is 4.39 Å². The van der Waals surface area contributed by atoms with E-state index in [2.05, 4.69) is 0 Å². The van der Waals surface area contributed by atoms with Gasteiger partial charge in [-0.3, -0.25) is 4.79 Å². The quantitative estimate of drug-likeness (QED) is 0.743. The lowest BCUT2D eigenvalue weighted by atomic mass is 10.1. The van der Waals surface area contributed by atoms with E-state index in [1.165, 1.54) is 19.2 Å². The smallest absolute Gasteiger partial charge is 0.254 e. The molecule has 1 atom stereocenters. The van der Waals surface area contributed by atoms with Crippen molar-refractivity contribution < 1.29 is 18.7 Å². The van der Waals surface area contributed by atoms with Crippen molar-refractivity contribution in [3.05, 3.63) is 58.4 Å². The Bertz CT molecular complexity index is 749. The van der Waals surface area contributed by atoms with Crippen LogP contribution < -0.4 is 9.47 Å². The van der Waals surface area contributed by atoms with Crippen LogP contribution in [0.5, 0.6) is 11.5 Å². The van der Waals surface area contributed by atoms with E-state index in [-0.39, 0.29) is 17.8 Å². The van der Waals surface area contributed by atoms with Crippen LogP contribution in [0.2, 0.25) is 5.02 Å². The number of hydrogen-bond donors (Lipinski definition) is 0. The molecule has 0 saturated carbocycles. The van der Waals surface area contributed by atoms with Crippen molar-refractivity contribution in [2.24, 2.45) is 0 Å². The van der Waals surface area contributed by atoms with Crippen LogP contribution >= 0.6 is 11.6 Å². The minimum Gasteiger partial charge on any atom is -0.493 e. The van der Waals surface area contributed by atoms with Crippen LogP contribution in [-0.2, 0) is 0 Å². The number of carbonyl (C=O) groups excluding carboxylic acids is 1. The third-order valence-corrected chi connectivity index (χ3v) is 4.30. The first kappa shape index (κ1) is 19.1. The zero-order valence-electron chi connectivity index (χ0n) is 14.7. The van der Waals surface area contributed by atoms with Gasteiger partial charge >= 0.3 is 0 Å². The summed E-state index contributed by atoms with van der Waals surface area (Å²) < 4.78 is 23.8. The van der Waals surface area contributed by atoms with Crippen LogP contribution in [0.25, 0.3) is 0 Å². The zero-order chi connectivity index (χ0) is 18.6. The predicted molar refractivity (Wildman–Crippen MR) is 96.1 cm³/mol. The fourth-order valence-electron chi connectivity index (χ4n) is 2.47. The van der Waals surface area contributed by atoms with Crippen molar-refractivity contribution in [3.63, 3.8) is 0 Å². The van der Waals surface area contributed by atoms with Crippen molar-refractivity contribution in [2.75, 3.05) is 20.8 Å². The summed E-state index contributed by atoms with van der Waals surface area (Å²) in [6.07, 6.45) is 0. The molecule has 2 aromatic carbocycles. The molecular formula is C19H21ClFNO3. The Morgan fingerprint density at radius 1 is 1.28 bits per heavy atom. The molecule has 0 aliphatic heterocycles. The fourth-order valence-corrected chi connectivity index (χ4v) is 2.74. The second kappa shape index (κ2) is 8.21. The molecule has 2 aromatic rings. The lowest BCUT2D eigenvalue weighted by Gasteiger charge is -2.26. The molecule has 1 amide bonds. The topological polar surface area (TPSA) is 38.8 Å². The molecule has 0 heterocycles. The molecule has 1 unspecified atom stereocenters. The Morgan fingerprint density at radius 2 is 1.92 bits per heavy atom. The van der Waals surface area contributed by atoms with Crippen molar-refractivity contribution in [3.8, 4) is 11.5 Å². The van der Waals surface area contributed by atoms with E-state index in [9.17, 15) is 9.18 Å². The molecule has 4 nitrogen and oxygen atoms in total. The Labute approximate surface area is 152 Å². The molecule has 2 rings (SSSR count). The summed E-state index contributed by atoms with van der Waals surface area (Å²) >= 11 is 6.24. The summed E-state index contributed by atoms with van der Waals surface area (Å²) in [5.41, 5.74) is 1.23. The van der Waals surface area contributed by atoms with Gasteiger partial charge in [0.1, 0.15) is 5.82 Å². The summed E-state index contributed by atoms with van der Waals surface area (Å²) in [7, 11) is 3.18. The normalized spacial score (nSPS) is 11.8. The van der Waals surface area contributed by atoms with Crippen LogP contribution in [-0.4, -0.2) is 31.6 Å². The monoisotopic (exact) mass is 365 g/mol. The third kappa shape index (κ3) is 4.23. The molecule has 0 fully saturated rings. The van der Waals surface area contributed by atoms with E-state index >= 15 is 0 Å². The number of nitrogens with zero attached hydrogens (tertiary/aromatic N) is 1. The third-order valence-electron chi connectivity index (χ3n) is 4.02. The minimum absolute atomic E-state index is 0.222. The molecule has 0 aliphatic carbocycles. The minimum atomic E-state index is -0.312. The number of halogens is 2. The summed E-state index contributed by atoms with van der Waals surface area (Å²) in [4.78, 5) is 14.4. The molecule has 0 bridgehead atoms. The van der Waals surface area contributed by atoms with Crippen molar-refractivity contribution in [1.82, 2.24) is 4.90 Å². The molecule has 0 N–H and O–H groups in total. The maximum absolute atomic E-state index is 13.1. The Balaban J connectivity index is 2.29. The van der Waals surface area contributed by atoms with E-state index < -0.39 is 0 Å². The van der Waals surface area contributed by atoms with Gasteiger partial charge in [0, 0.05) is 12.6 Å². The van der Waals surface area contributed by atoms with Gasteiger partial charge in [0.2, 0.25) is 0 Å². The Kier molecular flexibility index (Phi) is 6.26. The van der Waals surface area contributed by atoms with Crippen molar-refractivity contribution >= 4 is 17.5 Å². The average Bonchev–Trinajstić information content (AvgIpc) is 2.62. The van der Waals surface area contributed by atoms with Crippen LogP contribution in [0.4, 0.5) is 4.39 Å². The van der Waals surface area contributed by atoms with Gasteiger partial charge < -0.3 is 14.4 Å². The van der Waals surface area contributed by atoms with Crippen molar-refractivity contribution in [1.29, 1.82) is 0 Å². The maximum Gasteiger partial charge on any atom is 0.254 e. The van der Waals surface area contributed by atoms with Gasteiger partial charge in [-0.15, -0.1) is 0 Å². The van der Waals surface area contributed by atoms with E-state index in [4.69, 9.17) is 21.1 Å². The van der Waals surface area contributed by atoms with Gasteiger partial charge in [0.05, 0.1) is 24.8 Å². The number of amides is 1. The summed E-state index contributed by atoms with van der Waals surface area (Å²) in [5, 5.41) is 0.312. The van der Waals surface area contributed by atoms with Crippen LogP contribution in [0.3, 0.4) is 0 Å². The second-order valence-electron chi connectivity index (χ2n) is 5.57. The maximum atomic E-state index is 13.1. The lowest BCUT2D eigenvalue weighted by Crippen LogP contribution is -2.29. The van der Waals surface area contributed by atoms with Gasteiger partial charge in [0.15, 0.2) is 11.5 Å². The van der Waals surface area contributed by atoms with E-state index in [0.29, 0.717) is 28.7 Å². The molecular weight excluding hydrogens is 345 g/mol. The molecule has 0 radical (unpaired) electrons. The first-order valence-electron chi connectivity index (χ1n) is 7.92. The number of benzene rings is 2. The molecule has 25 heavy (non-hydrogen) atoms. The molecule has 0 aliphatic rings. The van der Waals surface area contributed by atoms with Crippen molar-refractivity contribution in [2.45, 2.75) is 19.9 Å². The predicted octanol–water partition coefficient (Wildman–Crippen LogP) is 4.72. The lowest BCUT2D eigenvalue weighted by molar-refractivity contribution is 0.0742. The standard InChI is InChI=1S/C19H21ClFNO3/c1-5-25-18-16(20)10-14(11-17(18)24-4)19(23)22(3)12(2)13-6-8-15(21)9-7-13/h6-12H,5H2,1-4H3. The SMILES string of the molecule is CCOc1c(Cl)cc(C(=O)N(C)C(C)c2ccc(F)cc2)cc1OC. The van der Waals surface area contributed by atoms with E-state index in [0.717, 1.165) is 5.56 Å². The Morgan fingerprint density at radius 3 is 2.48 bits per heavy atom. The Hall–Kier alpha value is -2.27. The van der Waals surface area contributed by atoms with Crippen LogP contribution in [0, 0.1) is 5.82 Å². The summed E-state index contributed by atoms with van der Waals surface area (Å²) in [6.45, 7) is 4.15. The second-order valence-corrected chi connectivity index (χ2v) is 5.97. The molecule has 0 saturated heterocycles. The van der Waals surface area contributed by atoms with Gasteiger partial charge in [-0.05, 0) is 43.7 Å². The van der Waals surface area contributed by atoms with Crippen LogP contribution in [0.15, 0.2) is 36.4 Å². The van der Waals surface area contributed by atoms with Crippen LogP contribution in [0.1, 0.15) is 35.8 Å². The number of rotatable bonds is 6. The highest BCUT2D eigenvalue weighted by Crippen LogP contribution is 2.37. The zero-order valence-corrected chi connectivity index (χ0v) is 15.4. The van der Waals surface area contributed by atoms with E-state index in [1.54, 1.807) is 36.2 Å². The highest BCUT2D eigenvalue weighted by Gasteiger charge is 2.22. The van der Waals surface area contributed by atoms with E-state index in [1.807, 2.05) is 13.8 Å². The highest BCUT2D eigenvalue weighted by molar-refractivity contribution is 6.32. The van der Waals surface area contributed by atoms with Gasteiger partial charge in [-0.2, -0.15) is 0 Å². The number of carbonyl (C=O) groups is 1. The first-order valence-corrected chi connectivity index (χ1v) is 8.29. The molecule has 0 aromatic heterocycles. The highest BCUT2D eigenvalue weighted by atomic mass is 35.5. The fraction of sp³-hybridized carbons (Fsp3) is 0.316. The molecule has 6 heteroatoms. The number of ether oxygens (including phenoxy) is 2. The summed E-state index contributed by atoms with van der Waals surface area (Å²) in [5.74, 6) is 0.283. The number of hydrogen-bond acceptors (Lipinski definition) is 3. The van der Waals surface area contributed by atoms with Gasteiger partial charge in [-0.1, -0.05) is 23.7 Å². The summed E-state index contributed by atoms with van der Waals surface area (Å²) in [6, 6.07) is 9.01. The largest absolute Gasteiger partial charge is 0.493 e. The van der Waals surface area contributed by atoms with Gasteiger partial charge in [0.25, 0.3) is 5.91 Å². The number of methoxy groups -OCH3 is 1.